The third-order valence-electron chi connectivity index (χ3n) is 7.50. The fourth-order valence-electron chi connectivity index (χ4n) is 5.90. The van der Waals surface area contributed by atoms with Crippen LogP contribution in [0, 0.1) is 0 Å². The molecule has 4 nitrogen and oxygen atoms in total. The Morgan fingerprint density at radius 2 is 1.22 bits per heavy atom. The van der Waals surface area contributed by atoms with Crippen LogP contribution >= 0.6 is 0 Å². The van der Waals surface area contributed by atoms with Crippen LogP contribution in [-0.4, -0.2) is 14.4 Å². The molecule has 0 saturated heterocycles. The Hall–Kier alpha value is -4.96. The predicted octanol–water partition coefficient (Wildman–Crippen LogP) is 8.35. The van der Waals surface area contributed by atoms with E-state index in [4.69, 9.17) is 14.4 Å². The first-order chi connectivity index (χ1) is 17.8. The molecule has 9 rings (SSSR count). The van der Waals surface area contributed by atoms with Crippen molar-refractivity contribution in [2.45, 2.75) is 0 Å². The number of fused-ring (bicyclic) bond motifs is 10. The smallest absolute Gasteiger partial charge is 0.165 e. The second-order valence-corrected chi connectivity index (χ2v) is 9.47. The van der Waals surface area contributed by atoms with Crippen LogP contribution in [0.15, 0.2) is 108 Å². The Morgan fingerprint density at radius 1 is 0.528 bits per heavy atom. The van der Waals surface area contributed by atoms with Crippen molar-refractivity contribution < 1.29 is 4.42 Å². The first-order valence-corrected chi connectivity index (χ1v) is 12.1. The van der Waals surface area contributed by atoms with Crippen LogP contribution < -0.4 is 0 Å². The summed E-state index contributed by atoms with van der Waals surface area (Å²) in [6.07, 6.45) is 0. The van der Waals surface area contributed by atoms with E-state index in [-0.39, 0.29) is 0 Å². The van der Waals surface area contributed by atoms with Crippen LogP contribution in [0.4, 0.5) is 0 Å². The Bertz CT molecular complexity index is 2320. The SMILES string of the molecule is c1ccc2nc3c(nc2c1)c1cc(-c2ccc4oc5ccccc5c4c2)cc2c4ccccc4n3c21. The maximum atomic E-state index is 6.08. The molecule has 0 N–H and O–H groups in total. The topological polar surface area (TPSA) is 43.3 Å². The highest BCUT2D eigenvalue weighted by Crippen LogP contribution is 2.41. The summed E-state index contributed by atoms with van der Waals surface area (Å²) in [5.41, 5.74) is 10.2. The average Bonchev–Trinajstić information content (AvgIpc) is 3.57. The van der Waals surface area contributed by atoms with Crippen LogP contribution in [-0.2, 0) is 0 Å². The molecular formula is C32H17N3O. The number of nitrogens with zero attached hydrogens (tertiary/aromatic N) is 3. The number of rotatable bonds is 1. The fourth-order valence-corrected chi connectivity index (χ4v) is 5.90. The Kier molecular flexibility index (Phi) is 3.25. The van der Waals surface area contributed by atoms with Crippen LogP contribution in [0.3, 0.4) is 0 Å². The van der Waals surface area contributed by atoms with Crippen molar-refractivity contribution >= 4 is 71.3 Å². The van der Waals surface area contributed by atoms with Gasteiger partial charge in [0.1, 0.15) is 16.7 Å². The summed E-state index contributed by atoms with van der Waals surface area (Å²) in [7, 11) is 0. The van der Waals surface area contributed by atoms with Crippen LogP contribution in [0.2, 0.25) is 0 Å². The van der Waals surface area contributed by atoms with E-state index in [1.165, 1.54) is 16.3 Å². The first kappa shape index (κ1) is 18.4. The fraction of sp³-hybridized carbons (Fsp3) is 0. The lowest BCUT2D eigenvalue weighted by Crippen LogP contribution is -1.88. The summed E-state index contributed by atoms with van der Waals surface area (Å²) in [6.45, 7) is 0. The molecule has 4 heterocycles. The van der Waals surface area contributed by atoms with Gasteiger partial charge >= 0.3 is 0 Å². The number of aromatic nitrogens is 3. The quantitative estimate of drug-likeness (QED) is 0.248. The summed E-state index contributed by atoms with van der Waals surface area (Å²) in [5.74, 6) is 0. The van der Waals surface area contributed by atoms with E-state index in [1.54, 1.807) is 0 Å². The lowest BCUT2D eigenvalue weighted by molar-refractivity contribution is 0.669. The predicted molar refractivity (Wildman–Crippen MR) is 147 cm³/mol. The number of furan rings is 1. The van der Waals surface area contributed by atoms with Crippen LogP contribution in [0.25, 0.3) is 82.5 Å². The summed E-state index contributed by atoms with van der Waals surface area (Å²) in [6, 6.07) is 36.0. The summed E-state index contributed by atoms with van der Waals surface area (Å²) in [4.78, 5) is 10.2. The first-order valence-electron chi connectivity index (χ1n) is 12.1. The molecule has 0 bridgehead atoms. The Balaban J connectivity index is 1.44. The third-order valence-corrected chi connectivity index (χ3v) is 7.50. The van der Waals surface area contributed by atoms with Gasteiger partial charge in [-0.25, -0.2) is 9.97 Å². The van der Waals surface area contributed by atoms with E-state index < -0.39 is 0 Å². The molecule has 0 fully saturated rings. The van der Waals surface area contributed by atoms with Crippen molar-refractivity contribution in [2.24, 2.45) is 0 Å². The van der Waals surface area contributed by atoms with Crippen molar-refractivity contribution in [1.29, 1.82) is 0 Å². The molecule has 4 heteroatoms. The minimum absolute atomic E-state index is 0.906. The third kappa shape index (κ3) is 2.24. The molecular weight excluding hydrogens is 442 g/mol. The van der Waals surface area contributed by atoms with Gasteiger partial charge in [0.05, 0.1) is 22.1 Å². The minimum atomic E-state index is 0.906. The van der Waals surface area contributed by atoms with Crippen molar-refractivity contribution in [1.82, 2.24) is 14.4 Å². The normalized spacial score (nSPS) is 12.4. The van der Waals surface area contributed by atoms with Gasteiger partial charge in [-0.2, -0.15) is 0 Å². The lowest BCUT2D eigenvalue weighted by Gasteiger charge is -2.05. The maximum absolute atomic E-state index is 6.08. The summed E-state index contributed by atoms with van der Waals surface area (Å²) < 4.78 is 8.36. The molecule has 0 unspecified atom stereocenters. The van der Waals surface area contributed by atoms with Gasteiger partial charge in [-0.1, -0.05) is 54.6 Å². The van der Waals surface area contributed by atoms with E-state index in [1.807, 2.05) is 36.4 Å². The summed E-state index contributed by atoms with van der Waals surface area (Å²) in [5, 5.41) is 5.85. The molecule has 4 aromatic heterocycles. The molecule has 0 aliphatic carbocycles. The molecule has 0 aliphatic heterocycles. The second kappa shape index (κ2) is 6.37. The van der Waals surface area contributed by atoms with Crippen LogP contribution in [0.5, 0.6) is 0 Å². The number of hydrogen-bond donors (Lipinski definition) is 0. The van der Waals surface area contributed by atoms with Gasteiger partial charge in [-0.3, -0.25) is 4.40 Å². The van der Waals surface area contributed by atoms with E-state index in [2.05, 4.69) is 71.1 Å². The minimum Gasteiger partial charge on any atom is -0.456 e. The van der Waals surface area contributed by atoms with Gasteiger partial charge in [0.2, 0.25) is 0 Å². The Morgan fingerprint density at radius 3 is 2.14 bits per heavy atom. The maximum Gasteiger partial charge on any atom is 0.165 e. The number of para-hydroxylation sites is 4. The van der Waals surface area contributed by atoms with Crippen molar-refractivity contribution in [2.75, 3.05) is 0 Å². The molecule has 0 atom stereocenters. The van der Waals surface area contributed by atoms with E-state index in [9.17, 15) is 0 Å². The van der Waals surface area contributed by atoms with Gasteiger partial charge in [0, 0.05) is 26.9 Å². The molecule has 0 aliphatic rings. The zero-order valence-electron chi connectivity index (χ0n) is 19.1. The molecule has 0 radical (unpaired) electrons. The van der Waals surface area contributed by atoms with Crippen molar-refractivity contribution in [3.8, 4) is 11.1 Å². The molecule has 0 saturated carbocycles. The number of benzene rings is 5. The van der Waals surface area contributed by atoms with Crippen molar-refractivity contribution in [3.05, 3.63) is 103 Å². The van der Waals surface area contributed by atoms with Gasteiger partial charge < -0.3 is 4.42 Å². The molecule has 9 aromatic rings. The largest absolute Gasteiger partial charge is 0.456 e. The summed E-state index contributed by atoms with van der Waals surface area (Å²) >= 11 is 0. The highest BCUT2D eigenvalue weighted by atomic mass is 16.3. The highest BCUT2D eigenvalue weighted by Gasteiger charge is 2.21. The van der Waals surface area contributed by atoms with E-state index in [0.29, 0.717) is 0 Å². The average molecular weight is 460 g/mol. The van der Waals surface area contributed by atoms with Crippen molar-refractivity contribution in [3.63, 3.8) is 0 Å². The monoisotopic (exact) mass is 459 g/mol. The Labute approximate surface area is 204 Å². The van der Waals surface area contributed by atoms with Gasteiger partial charge in [-0.15, -0.1) is 0 Å². The van der Waals surface area contributed by atoms with Gasteiger partial charge in [-0.05, 0) is 59.7 Å². The van der Waals surface area contributed by atoms with E-state index >= 15 is 0 Å². The number of hydrogen-bond acceptors (Lipinski definition) is 3. The molecule has 5 aromatic carbocycles. The second-order valence-electron chi connectivity index (χ2n) is 9.47. The lowest BCUT2D eigenvalue weighted by atomic mass is 9.99. The molecule has 0 amide bonds. The van der Waals surface area contributed by atoms with Gasteiger partial charge in [0.25, 0.3) is 0 Å². The van der Waals surface area contributed by atoms with Crippen LogP contribution in [0.1, 0.15) is 0 Å². The standard InChI is InChI=1S/C32H17N3O/c1-5-11-27-20(7-1)23-16-19(18-13-14-29-22(15-18)21-8-2-6-12-28(21)36-29)17-24-30-32(35(27)31(23)24)34-26-10-4-3-9-25(26)33-30/h1-17H. The highest BCUT2D eigenvalue weighted by molar-refractivity contribution is 6.23. The zero-order chi connectivity index (χ0) is 23.4. The zero-order valence-corrected chi connectivity index (χ0v) is 19.1. The van der Waals surface area contributed by atoms with Gasteiger partial charge in [0.15, 0.2) is 5.65 Å². The molecule has 36 heavy (non-hydrogen) atoms. The molecule has 0 spiro atoms. The molecule has 166 valence electrons. The van der Waals surface area contributed by atoms with E-state index in [0.717, 1.165) is 66.2 Å².